The SMILES string of the molecule is CCN(C(=O)CN1C2CCC1CC(N)C2)C1CCCCC1. The molecule has 21 heavy (non-hydrogen) atoms. The number of nitrogens with two attached hydrogens (primary N) is 1. The Labute approximate surface area is 129 Å². The van der Waals surface area contributed by atoms with E-state index >= 15 is 0 Å². The summed E-state index contributed by atoms with van der Waals surface area (Å²) >= 11 is 0. The van der Waals surface area contributed by atoms with Crippen LogP contribution in [0.4, 0.5) is 0 Å². The lowest BCUT2D eigenvalue weighted by Crippen LogP contribution is -2.53. The molecule has 3 aliphatic rings. The van der Waals surface area contributed by atoms with Gasteiger partial charge >= 0.3 is 0 Å². The van der Waals surface area contributed by atoms with Gasteiger partial charge in [-0.2, -0.15) is 0 Å². The molecule has 2 atom stereocenters. The van der Waals surface area contributed by atoms with Gasteiger partial charge in [-0.1, -0.05) is 19.3 Å². The second-order valence-corrected chi connectivity index (χ2v) is 7.26. The van der Waals surface area contributed by atoms with E-state index in [0.717, 1.165) is 19.4 Å². The number of fused-ring (bicyclic) bond motifs is 2. The van der Waals surface area contributed by atoms with E-state index in [-0.39, 0.29) is 0 Å². The molecule has 0 aromatic rings. The van der Waals surface area contributed by atoms with Crippen molar-refractivity contribution < 1.29 is 4.79 Å². The van der Waals surface area contributed by atoms with Crippen molar-refractivity contribution in [3.8, 4) is 0 Å². The first-order valence-electron chi connectivity index (χ1n) is 8.99. The smallest absolute Gasteiger partial charge is 0.237 e. The van der Waals surface area contributed by atoms with E-state index in [2.05, 4.69) is 16.7 Å². The van der Waals surface area contributed by atoms with Crippen LogP contribution in [0.3, 0.4) is 0 Å². The van der Waals surface area contributed by atoms with E-state index in [4.69, 9.17) is 5.73 Å². The molecular weight excluding hydrogens is 262 g/mol. The van der Waals surface area contributed by atoms with Crippen LogP contribution in [0.2, 0.25) is 0 Å². The van der Waals surface area contributed by atoms with Gasteiger partial charge in [0.1, 0.15) is 0 Å². The zero-order valence-corrected chi connectivity index (χ0v) is 13.5. The summed E-state index contributed by atoms with van der Waals surface area (Å²) in [5.74, 6) is 0.358. The average molecular weight is 293 g/mol. The van der Waals surface area contributed by atoms with Gasteiger partial charge in [-0.3, -0.25) is 9.69 Å². The molecule has 0 aromatic heterocycles. The van der Waals surface area contributed by atoms with Crippen LogP contribution >= 0.6 is 0 Å². The molecule has 1 amide bonds. The Hall–Kier alpha value is -0.610. The summed E-state index contributed by atoms with van der Waals surface area (Å²) in [5, 5.41) is 0. The number of hydrogen-bond donors (Lipinski definition) is 1. The predicted octanol–water partition coefficient (Wildman–Crippen LogP) is 2.12. The molecular formula is C17H31N3O. The van der Waals surface area contributed by atoms with Crippen molar-refractivity contribution in [2.24, 2.45) is 5.73 Å². The normalized spacial score (nSPS) is 34.1. The average Bonchev–Trinajstić information content (AvgIpc) is 2.72. The monoisotopic (exact) mass is 293 g/mol. The van der Waals surface area contributed by atoms with E-state index in [1.807, 2.05) is 0 Å². The Bertz CT molecular complexity index is 353. The number of hydrogen-bond acceptors (Lipinski definition) is 3. The third-order valence-electron chi connectivity index (χ3n) is 5.92. The first-order chi connectivity index (χ1) is 10.2. The minimum atomic E-state index is 0.356. The first-order valence-corrected chi connectivity index (χ1v) is 8.99. The first kappa shape index (κ1) is 15.3. The molecule has 4 heteroatoms. The van der Waals surface area contributed by atoms with Crippen LogP contribution in [0.5, 0.6) is 0 Å². The molecule has 1 aliphatic carbocycles. The molecule has 2 bridgehead atoms. The molecule has 2 N–H and O–H groups in total. The highest BCUT2D eigenvalue weighted by atomic mass is 16.2. The lowest BCUT2D eigenvalue weighted by molar-refractivity contribution is -0.136. The van der Waals surface area contributed by atoms with E-state index < -0.39 is 0 Å². The van der Waals surface area contributed by atoms with Gasteiger partial charge in [-0.05, 0) is 45.4 Å². The zero-order valence-electron chi connectivity index (χ0n) is 13.5. The highest BCUT2D eigenvalue weighted by Crippen LogP contribution is 2.35. The molecule has 2 heterocycles. The Morgan fingerprint density at radius 2 is 1.71 bits per heavy atom. The topological polar surface area (TPSA) is 49.6 Å². The maximum absolute atomic E-state index is 12.8. The molecule has 1 saturated carbocycles. The van der Waals surface area contributed by atoms with Gasteiger partial charge in [0.15, 0.2) is 0 Å². The summed E-state index contributed by atoms with van der Waals surface area (Å²) in [5.41, 5.74) is 6.13. The van der Waals surface area contributed by atoms with Gasteiger partial charge in [0.25, 0.3) is 0 Å². The summed E-state index contributed by atoms with van der Waals surface area (Å²) in [4.78, 5) is 17.4. The summed E-state index contributed by atoms with van der Waals surface area (Å²) in [6, 6.07) is 1.98. The van der Waals surface area contributed by atoms with Gasteiger partial charge in [0, 0.05) is 30.7 Å². The van der Waals surface area contributed by atoms with Gasteiger partial charge in [-0.25, -0.2) is 0 Å². The fourth-order valence-corrected chi connectivity index (χ4v) is 4.85. The number of carbonyl (C=O) groups is 1. The van der Waals surface area contributed by atoms with Crippen molar-refractivity contribution in [3.05, 3.63) is 0 Å². The van der Waals surface area contributed by atoms with E-state index in [0.29, 0.717) is 36.6 Å². The number of piperidine rings is 1. The van der Waals surface area contributed by atoms with E-state index in [9.17, 15) is 4.79 Å². The van der Waals surface area contributed by atoms with Gasteiger partial charge in [0.05, 0.1) is 6.54 Å². The number of rotatable bonds is 4. The number of likely N-dealkylation sites (N-methyl/N-ethyl adjacent to an activating group) is 1. The minimum Gasteiger partial charge on any atom is -0.339 e. The largest absolute Gasteiger partial charge is 0.339 e. The number of nitrogens with zero attached hydrogens (tertiary/aromatic N) is 2. The van der Waals surface area contributed by atoms with Crippen molar-refractivity contribution in [2.45, 2.75) is 88.9 Å². The standard InChI is InChI=1S/C17H31N3O/c1-2-19(14-6-4-3-5-7-14)17(21)12-20-15-8-9-16(20)11-13(18)10-15/h13-16H,2-12,18H2,1H3. The molecule has 2 unspecified atom stereocenters. The zero-order chi connectivity index (χ0) is 14.8. The predicted molar refractivity (Wildman–Crippen MR) is 85.0 cm³/mol. The Morgan fingerprint density at radius 3 is 2.29 bits per heavy atom. The van der Waals surface area contributed by atoms with Gasteiger partial charge in [0.2, 0.25) is 5.91 Å². The van der Waals surface area contributed by atoms with Crippen molar-refractivity contribution in [3.63, 3.8) is 0 Å². The molecule has 4 nitrogen and oxygen atoms in total. The molecule has 2 aliphatic heterocycles. The lowest BCUT2D eigenvalue weighted by Gasteiger charge is -2.40. The fourth-order valence-electron chi connectivity index (χ4n) is 4.85. The molecule has 2 saturated heterocycles. The molecule has 0 radical (unpaired) electrons. The van der Waals surface area contributed by atoms with E-state index in [1.54, 1.807) is 0 Å². The summed E-state index contributed by atoms with van der Waals surface area (Å²) < 4.78 is 0. The number of carbonyl (C=O) groups excluding carboxylic acids is 1. The fraction of sp³-hybridized carbons (Fsp3) is 0.941. The highest BCUT2D eigenvalue weighted by Gasteiger charge is 2.41. The summed E-state index contributed by atoms with van der Waals surface area (Å²) in [6.45, 7) is 3.63. The lowest BCUT2D eigenvalue weighted by atomic mass is 9.94. The van der Waals surface area contributed by atoms with Crippen molar-refractivity contribution >= 4 is 5.91 Å². The maximum atomic E-state index is 12.8. The Balaban J connectivity index is 1.59. The summed E-state index contributed by atoms with van der Waals surface area (Å²) in [7, 11) is 0. The third-order valence-corrected chi connectivity index (χ3v) is 5.92. The van der Waals surface area contributed by atoms with Gasteiger partial charge < -0.3 is 10.6 Å². The van der Waals surface area contributed by atoms with Crippen molar-refractivity contribution in [1.29, 1.82) is 0 Å². The number of amides is 1. The van der Waals surface area contributed by atoms with Crippen LogP contribution in [-0.4, -0.2) is 53.0 Å². The quantitative estimate of drug-likeness (QED) is 0.864. The van der Waals surface area contributed by atoms with Crippen LogP contribution in [-0.2, 0) is 4.79 Å². The highest BCUT2D eigenvalue weighted by molar-refractivity contribution is 5.78. The van der Waals surface area contributed by atoms with E-state index in [1.165, 1.54) is 44.9 Å². The Morgan fingerprint density at radius 1 is 1.10 bits per heavy atom. The van der Waals surface area contributed by atoms with Crippen LogP contribution in [0, 0.1) is 0 Å². The summed E-state index contributed by atoms with van der Waals surface area (Å²) in [6.07, 6.45) is 11.0. The van der Waals surface area contributed by atoms with Gasteiger partial charge in [-0.15, -0.1) is 0 Å². The molecule has 120 valence electrons. The van der Waals surface area contributed by atoms with Crippen LogP contribution < -0.4 is 5.73 Å². The molecule has 0 spiro atoms. The van der Waals surface area contributed by atoms with Crippen LogP contribution in [0.15, 0.2) is 0 Å². The Kier molecular flexibility index (Phi) is 4.85. The molecule has 3 rings (SSSR count). The molecule has 0 aromatic carbocycles. The molecule has 3 fully saturated rings. The minimum absolute atomic E-state index is 0.356. The second-order valence-electron chi connectivity index (χ2n) is 7.26. The van der Waals surface area contributed by atoms with Crippen LogP contribution in [0.1, 0.15) is 64.7 Å². The third kappa shape index (κ3) is 3.26. The van der Waals surface area contributed by atoms with Crippen LogP contribution in [0.25, 0.3) is 0 Å². The van der Waals surface area contributed by atoms with Crippen molar-refractivity contribution in [1.82, 2.24) is 9.80 Å². The maximum Gasteiger partial charge on any atom is 0.237 e. The van der Waals surface area contributed by atoms with Crippen molar-refractivity contribution in [2.75, 3.05) is 13.1 Å². The second kappa shape index (κ2) is 6.66.